The van der Waals surface area contributed by atoms with E-state index in [0.717, 1.165) is 52.3 Å². The van der Waals surface area contributed by atoms with Gasteiger partial charge in [0.2, 0.25) is 11.8 Å². The molecule has 1 fully saturated rings. The van der Waals surface area contributed by atoms with Gasteiger partial charge in [0.05, 0.1) is 17.5 Å². The lowest BCUT2D eigenvalue weighted by atomic mass is 9.85. The van der Waals surface area contributed by atoms with Crippen LogP contribution in [0.5, 0.6) is 5.88 Å². The number of carboxylic acids is 1. The maximum atomic E-state index is 14.4. The summed E-state index contributed by atoms with van der Waals surface area (Å²) in [6.07, 6.45) is 6.67. The number of aliphatic carboxylic acids is 1. The fourth-order valence-electron chi connectivity index (χ4n) is 4.51. The number of nitrogens with one attached hydrogen (secondary N) is 1. The number of carbonyl (C=O) groups is 1. The molecule has 6 nitrogen and oxygen atoms in total. The molecule has 1 aliphatic carbocycles. The number of hydrogen-bond donors (Lipinski definition) is 2. The largest absolute Gasteiger partial charge is 0.478 e. The Hall–Kier alpha value is -4.26. The smallest absolute Gasteiger partial charge is 0.328 e. The van der Waals surface area contributed by atoms with E-state index >= 15 is 0 Å². The molecule has 2 heterocycles. The number of nitrogens with zero attached hydrogens (tertiary/aromatic N) is 2. The summed E-state index contributed by atoms with van der Waals surface area (Å²) in [6, 6.07) is 15.4. The number of carboxylic acid groups (broad SMARTS) is 1. The fraction of sp³-hybridized carbons (Fsp3) is 0.207. The molecule has 5 rings (SSSR count). The Bertz CT molecular complexity index is 1500. The number of aromatic nitrogens is 3. The van der Waals surface area contributed by atoms with Gasteiger partial charge in [-0.25, -0.2) is 9.78 Å². The van der Waals surface area contributed by atoms with Crippen molar-refractivity contribution in [2.24, 2.45) is 5.92 Å². The third kappa shape index (κ3) is 4.77. The van der Waals surface area contributed by atoms with Crippen molar-refractivity contribution in [3.05, 3.63) is 94.6 Å². The van der Waals surface area contributed by atoms with Gasteiger partial charge < -0.3 is 9.84 Å². The van der Waals surface area contributed by atoms with E-state index in [1.807, 2.05) is 61.7 Å². The monoisotopic (exact) mass is 483 g/mol. The first kappa shape index (κ1) is 23.5. The summed E-state index contributed by atoms with van der Waals surface area (Å²) in [7, 11) is 0. The van der Waals surface area contributed by atoms with Gasteiger partial charge in [-0.1, -0.05) is 30.3 Å². The van der Waals surface area contributed by atoms with Crippen LogP contribution in [-0.4, -0.2) is 32.9 Å². The summed E-state index contributed by atoms with van der Waals surface area (Å²) in [5, 5.41) is 15.8. The van der Waals surface area contributed by atoms with Gasteiger partial charge in [-0.15, -0.1) is 5.10 Å². The van der Waals surface area contributed by atoms with E-state index in [0.29, 0.717) is 29.3 Å². The van der Waals surface area contributed by atoms with Crippen molar-refractivity contribution in [3.8, 4) is 5.88 Å². The van der Waals surface area contributed by atoms with Crippen molar-refractivity contribution in [2.45, 2.75) is 26.7 Å². The lowest BCUT2D eigenvalue weighted by Crippen LogP contribution is -2.02. The number of fused-ring (bicyclic) bond motifs is 1. The maximum Gasteiger partial charge on any atom is 0.328 e. The number of hydrogen-bond acceptors (Lipinski definition) is 4. The molecule has 2 N–H and O–H groups in total. The molecule has 182 valence electrons. The zero-order valence-corrected chi connectivity index (χ0v) is 20.1. The van der Waals surface area contributed by atoms with Gasteiger partial charge in [0.25, 0.3) is 0 Å². The van der Waals surface area contributed by atoms with Gasteiger partial charge in [0, 0.05) is 23.9 Å². The Labute approximate surface area is 208 Å². The van der Waals surface area contributed by atoms with Crippen LogP contribution in [0.4, 0.5) is 4.39 Å². The molecule has 0 bridgehead atoms. The number of aryl methyl sites for hydroxylation is 1. The molecular formula is C29H26FN3O3. The predicted molar refractivity (Wildman–Crippen MR) is 138 cm³/mol. The van der Waals surface area contributed by atoms with E-state index in [-0.39, 0.29) is 0 Å². The molecule has 0 amide bonds. The number of benzene rings is 2. The van der Waals surface area contributed by atoms with Crippen molar-refractivity contribution in [1.29, 1.82) is 0 Å². The van der Waals surface area contributed by atoms with E-state index in [1.54, 1.807) is 6.08 Å². The minimum Gasteiger partial charge on any atom is -0.478 e. The highest BCUT2D eigenvalue weighted by Crippen LogP contribution is 2.48. The second-order valence-electron chi connectivity index (χ2n) is 8.90. The minimum atomic E-state index is -0.996. The normalized spacial score (nSPS) is 14.3. The molecule has 7 heteroatoms. The quantitative estimate of drug-likeness (QED) is 0.288. The molecule has 4 aromatic rings. The predicted octanol–water partition coefficient (Wildman–Crippen LogP) is 6.27. The second-order valence-corrected chi connectivity index (χ2v) is 8.90. The fourth-order valence-corrected chi connectivity index (χ4v) is 4.51. The highest BCUT2D eigenvalue weighted by Gasteiger charge is 2.32. The maximum absolute atomic E-state index is 14.4. The number of ether oxygens (including phenoxy) is 1. The molecule has 2 aromatic carbocycles. The molecular weight excluding hydrogens is 457 g/mol. The zero-order chi connectivity index (χ0) is 25.2. The van der Waals surface area contributed by atoms with Gasteiger partial charge in [0.1, 0.15) is 0 Å². The lowest BCUT2D eigenvalue weighted by Gasteiger charge is -2.19. The summed E-state index contributed by atoms with van der Waals surface area (Å²) in [5.74, 6) is -0.585. The summed E-state index contributed by atoms with van der Waals surface area (Å²) in [5.41, 5.74) is 7.53. The minimum absolute atomic E-state index is 0.356. The molecule has 0 spiro atoms. The van der Waals surface area contributed by atoms with E-state index in [1.165, 1.54) is 5.57 Å². The van der Waals surface area contributed by atoms with Gasteiger partial charge in [0.15, 0.2) is 0 Å². The molecule has 0 aliphatic heterocycles. The van der Waals surface area contributed by atoms with Crippen molar-refractivity contribution in [1.82, 2.24) is 15.2 Å². The molecule has 0 unspecified atom stereocenters. The van der Waals surface area contributed by atoms with Crippen molar-refractivity contribution in [2.75, 3.05) is 6.61 Å². The van der Waals surface area contributed by atoms with E-state index in [2.05, 4.69) is 22.1 Å². The Kier molecular flexibility index (Phi) is 6.38. The molecule has 0 radical (unpaired) electrons. The van der Waals surface area contributed by atoms with E-state index < -0.39 is 11.9 Å². The van der Waals surface area contributed by atoms with Crippen LogP contribution in [0.1, 0.15) is 47.6 Å². The Balaban J connectivity index is 1.72. The number of halogens is 1. The van der Waals surface area contributed by atoms with Crippen LogP contribution in [0.2, 0.25) is 0 Å². The second kappa shape index (κ2) is 9.77. The average Bonchev–Trinajstić information content (AvgIpc) is 3.65. The SMILES string of the molecule is CCOc1cc(C)c(/C(=C(\c2ccc(/C=C/C(=O)O)cc2)c2ccc3[nH]nc(F)c3c2)C2CC2)cn1. The van der Waals surface area contributed by atoms with Crippen LogP contribution in [0, 0.1) is 18.8 Å². The first-order valence-corrected chi connectivity index (χ1v) is 11.9. The summed E-state index contributed by atoms with van der Waals surface area (Å²) in [6.45, 7) is 4.53. The first-order chi connectivity index (χ1) is 17.4. The van der Waals surface area contributed by atoms with E-state index in [4.69, 9.17) is 9.84 Å². The number of rotatable bonds is 8. The first-order valence-electron chi connectivity index (χ1n) is 11.9. The van der Waals surface area contributed by atoms with Gasteiger partial charge >= 0.3 is 5.97 Å². The number of allylic oxidation sites excluding steroid dienone is 1. The summed E-state index contributed by atoms with van der Waals surface area (Å²) < 4.78 is 20.0. The number of H-pyrrole nitrogens is 1. The third-order valence-corrected chi connectivity index (χ3v) is 6.35. The topological polar surface area (TPSA) is 88.1 Å². The third-order valence-electron chi connectivity index (χ3n) is 6.35. The Morgan fingerprint density at radius 2 is 1.92 bits per heavy atom. The van der Waals surface area contributed by atoms with Crippen molar-refractivity contribution >= 4 is 34.1 Å². The van der Waals surface area contributed by atoms with Gasteiger partial charge in [-0.3, -0.25) is 5.10 Å². The number of pyridine rings is 1. The van der Waals surface area contributed by atoms with Crippen LogP contribution < -0.4 is 4.74 Å². The van der Waals surface area contributed by atoms with Crippen LogP contribution >= 0.6 is 0 Å². The molecule has 0 saturated heterocycles. The van der Waals surface area contributed by atoms with Crippen molar-refractivity contribution < 1.29 is 19.0 Å². The molecule has 0 atom stereocenters. The molecule has 2 aromatic heterocycles. The van der Waals surface area contributed by atoms with Crippen LogP contribution in [0.3, 0.4) is 0 Å². The highest BCUT2D eigenvalue weighted by atomic mass is 19.1. The highest BCUT2D eigenvalue weighted by molar-refractivity contribution is 6.02. The van der Waals surface area contributed by atoms with E-state index in [9.17, 15) is 9.18 Å². The van der Waals surface area contributed by atoms with Crippen LogP contribution in [-0.2, 0) is 4.79 Å². The summed E-state index contributed by atoms with van der Waals surface area (Å²) >= 11 is 0. The van der Waals surface area contributed by atoms with Crippen LogP contribution in [0.15, 0.2) is 60.8 Å². The molecule has 36 heavy (non-hydrogen) atoms. The zero-order valence-electron chi connectivity index (χ0n) is 20.1. The Morgan fingerprint density at radius 3 is 2.58 bits per heavy atom. The van der Waals surface area contributed by atoms with Gasteiger partial charge in [-0.05, 0) is 84.2 Å². The molecule has 1 aliphatic rings. The standard InChI is InChI=1S/C29H26FN3O3/c1-3-36-25-14-17(2)23(16-31-25)28(20-9-10-20)27(19-7-4-18(5-8-19)6-13-26(34)35)21-11-12-24-22(15-21)29(30)33-32-24/h4-8,11-16,20H,3,9-10H2,1-2H3,(H,32,33)(H,34,35)/b13-6+,28-27+. The lowest BCUT2D eigenvalue weighted by molar-refractivity contribution is -0.131. The number of aromatic amines is 1. The molecule has 1 saturated carbocycles. The van der Waals surface area contributed by atoms with Crippen LogP contribution in [0.25, 0.3) is 28.1 Å². The van der Waals surface area contributed by atoms with Crippen molar-refractivity contribution in [3.63, 3.8) is 0 Å². The van der Waals surface area contributed by atoms with Gasteiger partial charge in [-0.2, -0.15) is 4.39 Å². The average molecular weight is 484 g/mol. The Morgan fingerprint density at radius 1 is 1.17 bits per heavy atom. The summed E-state index contributed by atoms with van der Waals surface area (Å²) in [4.78, 5) is 15.5.